The van der Waals surface area contributed by atoms with E-state index < -0.39 is 0 Å². The molecule has 3 rings (SSSR count). The summed E-state index contributed by atoms with van der Waals surface area (Å²) in [5, 5.41) is 15.8. The zero-order chi connectivity index (χ0) is 15.9. The Hall–Kier alpha value is -3.08. The van der Waals surface area contributed by atoms with Crippen molar-refractivity contribution in [3.05, 3.63) is 72.6 Å². The third-order valence-corrected chi connectivity index (χ3v) is 3.37. The van der Waals surface area contributed by atoms with Gasteiger partial charge in [0.15, 0.2) is 0 Å². The standard InChI is InChI=1S/C18H18N4O/c23-16-8-6-14(7-9-16)10-11-19-17-12-18(21-13-20-17)22-15-4-2-1-3-5-15/h1-9,12-13,23H,10-11H2,(H2,19,20,21,22). The van der Waals surface area contributed by atoms with Gasteiger partial charge in [-0.25, -0.2) is 9.97 Å². The van der Waals surface area contributed by atoms with Gasteiger partial charge < -0.3 is 15.7 Å². The fourth-order valence-electron chi connectivity index (χ4n) is 2.19. The van der Waals surface area contributed by atoms with Gasteiger partial charge in [0.25, 0.3) is 0 Å². The molecule has 2 aromatic carbocycles. The summed E-state index contributed by atoms with van der Waals surface area (Å²) in [5.41, 5.74) is 2.15. The highest BCUT2D eigenvalue weighted by Crippen LogP contribution is 2.16. The number of benzene rings is 2. The van der Waals surface area contributed by atoms with Gasteiger partial charge in [0.05, 0.1) is 0 Å². The lowest BCUT2D eigenvalue weighted by Gasteiger charge is -2.08. The first-order valence-corrected chi connectivity index (χ1v) is 7.45. The molecule has 0 aliphatic heterocycles. The Labute approximate surface area is 135 Å². The minimum atomic E-state index is 0.286. The predicted molar refractivity (Wildman–Crippen MR) is 92.1 cm³/mol. The van der Waals surface area contributed by atoms with E-state index in [9.17, 15) is 5.11 Å². The van der Waals surface area contributed by atoms with E-state index in [-0.39, 0.29) is 5.75 Å². The van der Waals surface area contributed by atoms with Crippen LogP contribution in [0.25, 0.3) is 0 Å². The number of aromatic hydroxyl groups is 1. The van der Waals surface area contributed by atoms with Gasteiger partial charge in [0.2, 0.25) is 0 Å². The molecule has 0 saturated carbocycles. The second-order valence-corrected chi connectivity index (χ2v) is 5.12. The molecule has 3 aromatic rings. The Morgan fingerprint density at radius 2 is 1.61 bits per heavy atom. The number of phenolic OH excluding ortho intramolecular Hbond substituents is 1. The van der Waals surface area contributed by atoms with Gasteiger partial charge in [-0.1, -0.05) is 30.3 Å². The molecule has 0 radical (unpaired) electrons. The van der Waals surface area contributed by atoms with Gasteiger partial charge in [0.1, 0.15) is 23.7 Å². The Kier molecular flexibility index (Phi) is 4.69. The third-order valence-electron chi connectivity index (χ3n) is 3.37. The van der Waals surface area contributed by atoms with E-state index in [0.29, 0.717) is 0 Å². The molecule has 0 unspecified atom stereocenters. The predicted octanol–water partition coefficient (Wildman–Crippen LogP) is 3.58. The number of nitrogens with one attached hydrogen (secondary N) is 2. The molecule has 0 fully saturated rings. The maximum atomic E-state index is 9.27. The molecule has 0 atom stereocenters. The largest absolute Gasteiger partial charge is 0.508 e. The summed E-state index contributed by atoms with van der Waals surface area (Å²) >= 11 is 0. The fourth-order valence-corrected chi connectivity index (χ4v) is 2.19. The van der Waals surface area contributed by atoms with Gasteiger partial charge in [0, 0.05) is 18.3 Å². The summed E-state index contributed by atoms with van der Waals surface area (Å²) in [6.07, 6.45) is 2.39. The SMILES string of the molecule is Oc1ccc(CCNc2cc(Nc3ccccc3)ncn2)cc1. The van der Waals surface area contributed by atoms with Crippen LogP contribution in [0.2, 0.25) is 0 Å². The number of aromatic nitrogens is 2. The zero-order valence-corrected chi connectivity index (χ0v) is 12.6. The van der Waals surface area contributed by atoms with E-state index in [2.05, 4.69) is 20.6 Å². The van der Waals surface area contributed by atoms with E-state index >= 15 is 0 Å². The summed E-state index contributed by atoms with van der Waals surface area (Å²) in [6, 6.07) is 19.0. The molecule has 0 saturated heterocycles. The van der Waals surface area contributed by atoms with Crippen molar-refractivity contribution in [2.24, 2.45) is 0 Å². The number of phenols is 1. The molecule has 0 amide bonds. The van der Waals surface area contributed by atoms with Crippen LogP contribution in [-0.2, 0) is 6.42 Å². The van der Waals surface area contributed by atoms with Crippen LogP contribution in [0.3, 0.4) is 0 Å². The Morgan fingerprint density at radius 1 is 0.870 bits per heavy atom. The first-order valence-electron chi connectivity index (χ1n) is 7.45. The van der Waals surface area contributed by atoms with E-state index in [1.807, 2.05) is 48.5 Å². The average molecular weight is 306 g/mol. The lowest BCUT2D eigenvalue weighted by Crippen LogP contribution is -2.07. The van der Waals surface area contributed by atoms with E-state index in [1.165, 1.54) is 6.33 Å². The number of rotatable bonds is 6. The summed E-state index contributed by atoms with van der Waals surface area (Å²) in [7, 11) is 0. The van der Waals surface area contributed by atoms with Crippen molar-refractivity contribution in [2.45, 2.75) is 6.42 Å². The molecular weight excluding hydrogens is 288 g/mol. The van der Waals surface area contributed by atoms with Crippen LogP contribution in [0, 0.1) is 0 Å². The highest BCUT2D eigenvalue weighted by molar-refractivity contribution is 5.58. The molecule has 0 spiro atoms. The smallest absolute Gasteiger partial charge is 0.135 e. The van der Waals surface area contributed by atoms with Gasteiger partial charge in [-0.15, -0.1) is 0 Å². The summed E-state index contributed by atoms with van der Waals surface area (Å²) in [5.74, 6) is 1.81. The highest BCUT2D eigenvalue weighted by Gasteiger charge is 2.00. The Bertz CT molecular complexity index is 744. The molecule has 0 bridgehead atoms. The van der Waals surface area contributed by atoms with Crippen molar-refractivity contribution in [3.63, 3.8) is 0 Å². The van der Waals surface area contributed by atoms with E-state index in [1.54, 1.807) is 12.1 Å². The van der Waals surface area contributed by atoms with Crippen molar-refractivity contribution in [2.75, 3.05) is 17.2 Å². The first-order chi connectivity index (χ1) is 11.3. The average Bonchev–Trinajstić information content (AvgIpc) is 2.58. The summed E-state index contributed by atoms with van der Waals surface area (Å²) < 4.78 is 0. The monoisotopic (exact) mass is 306 g/mol. The topological polar surface area (TPSA) is 70.1 Å². The van der Waals surface area contributed by atoms with Crippen molar-refractivity contribution in [1.82, 2.24) is 9.97 Å². The summed E-state index contributed by atoms with van der Waals surface area (Å²) in [6.45, 7) is 0.757. The lowest BCUT2D eigenvalue weighted by atomic mass is 10.1. The minimum absolute atomic E-state index is 0.286. The molecule has 5 nitrogen and oxygen atoms in total. The van der Waals surface area contributed by atoms with E-state index in [0.717, 1.165) is 35.9 Å². The highest BCUT2D eigenvalue weighted by atomic mass is 16.3. The van der Waals surface area contributed by atoms with Crippen LogP contribution in [0.4, 0.5) is 17.3 Å². The maximum Gasteiger partial charge on any atom is 0.135 e. The van der Waals surface area contributed by atoms with Crippen LogP contribution >= 0.6 is 0 Å². The minimum Gasteiger partial charge on any atom is -0.508 e. The second-order valence-electron chi connectivity index (χ2n) is 5.12. The number of para-hydroxylation sites is 1. The molecule has 1 heterocycles. The third kappa shape index (κ3) is 4.44. The first kappa shape index (κ1) is 14.8. The second kappa shape index (κ2) is 7.26. The molecule has 5 heteroatoms. The molecular formula is C18H18N4O. The van der Waals surface area contributed by atoms with Gasteiger partial charge >= 0.3 is 0 Å². The lowest BCUT2D eigenvalue weighted by molar-refractivity contribution is 0.475. The number of hydrogen-bond acceptors (Lipinski definition) is 5. The van der Waals surface area contributed by atoms with Crippen LogP contribution < -0.4 is 10.6 Å². The normalized spacial score (nSPS) is 10.3. The van der Waals surface area contributed by atoms with Crippen molar-refractivity contribution < 1.29 is 5.11 Å². The van der Waals surface area contributed by atoms with Crippen LogP contribution in [0.15, 0.2) is 67.0 Å². The Balaban J connectivity index is 1.56. The van der Waals surface area contributed by atoms with Crippen LogP contribution in [0.5, 0.6) is 5.75 Å². The molecule has 1 aromatic heterocycles. The van der Waals surface area contributed by atoms with Crippen LogP contribution in [0.1, 0.15) is 5.56 Å². The number of anilines is 3. The molecule has 0 aliphatic rings. The van der Waals surface area contributed by atoms with Gasteiger partial charge in [-0.3, -0.25) is 0 Å². The molecule has 3 N–H and O–H groups in total. The van der Waals surface area contributed by atoms with Crippen molar-refractivity contribution in [3.8, 4) is 5.75 Å². The summed E-state index contributed by atoms with van der Waals surface area (Å²) in [4.78, 5) is 8.44. The van der Waals surface area contributed by atoms with Crippen LogP contribution in [-0.4, -0.2) is 21.6 Å². The van der Waals surface area contributed by atoms with Gasteiger partial charge in [-0.05, 0) is 36.2 Å². The molecule has 116 valence electrons. The quantitative estimate of drug-likeness (QED) is 0.649. The zero-order valence-electron chi connectivity index (χ0n) is 12.6. The Morgan fingerprint density at radius 3 is 2.39 bits per heavy atom. The van der Waals surface area contributed by atoms with Gasteiger partial charge in [-0.2, -0.15) is 0 Å². The number of hydrogen-bond donors (Lipinski definition) is 3. The molecule has 23 heavy (non-hydrogen) atoms. The van der Waals surface area contributed by atoms with Crippen molar-refractivity contribution in [1.29, 1.82) is 0 Å². The van der Waals surface area contributed by atoms with E-state index in [4.69, 9.17) is 0 Å². The number of nitrogens with zero attached hydrogens (tertiary/aromatic N) is 2. The fraction of sp³-hybridized carbons (Fsp3) is 0.111. The van der Waals surface area contributed by atoms with Crippen molar-refractivity contribution >= 4 is 17.3 Å². The molecule has 0 aliphatic carbocycles. The maximum absolute atomic E-state index is 9.27.